The zero-order valence-corrected chi connectivity index (χ0v) is 18.3. The molecule has 0 saturated carbocycles. The third kappa shape index (κ3) is 3.53. The number of carboxylic acids is 1. The number of rotatable bonds is 5. The van der Waals surface area contributed by atoms with Gasteiger partial charge in [0.1, 0.15) is 5.82 Å². The summed E-state index contributed by atoms with van der Waals surface area (Å²) < 4.78 is 41.1. The molecule has 2 atom stereocenters. The summed E-state index contributed by atoms with van der Waals surface area (Å²) in [5.74, 6) is -3.56. The number of aliphatic carboxylic acids is 1. The van der Waals surface area contributed by atoms with Crippen LogP contribution < -0.4 is 0 Å². The molecule has 4 rings (SSSR count). The molecular formula is C22H19ClFNO5S. The van der Waals surface area contributed by atoms with Crippen LogP contribution in [0.1, 0.15) is 40.9 Å². The van der Waals surface area contributed by atoms with Gasteiger partial charge in [0.05, 0.1) is 21.9 Å². The minimum Gasteiger partial charge on any atom is -0.481 e. The second-order valence-corrected chi connectivity index (χ2v) is 10.3. The molecule has 1 aliphatic heterocycles. The highest BCUT2D eigenvalue weighted by Gasteiger charge is 2.39. The maximum atomic E-state index is 14.4. The number of carboxylic acid groups (broad SMARTS) is 1. The van der Waals surface area contributed by atoms with Crippen molar-refractivity contribution >= 4 is 44.1 Å². The van der Waals surface area contributed by atoms with E-state index in [-0.39, 0.29) is 26.9 Å². The number of hydrogen-bond acceptors (Lipinski definition) is 4. The SMILES string of the molecule is CC(C(=O)O)C1CCn2c1c(C(=O)c1ccc(Cl)cc1)c1c(S(C)(=O)=O)cc(F)cc12. The van der Waals surface area contributed by atoms with E-state index in [2.05, 4.69) is 0 Å². The van der Waals surface area contributed by atoms with Gasteiger partial charge in [-0.1, -0.05) is 18.5 Å². The fourth-order valence-corrected chi connectivity index (χ4v) is 5.41. The molecule has 0 amide bonds. The normalized spacial score (nSPS) is 17.0. The molecule has 1 aliphatic rings. The van der Waals surface area contributed by atoms with Crippen LogP contribution in [0.5, 0.6) is 0 Å². The molecular weight excluding hydrogens is 445 g/mol. The zero-order chi connectivity index (χ0) is 22.7. The molecule has 31 heavy (non-hydrogen) atoms. The molecule has 9 heteroatoms. The van der Waals surface area contributed by atoms with E-state index in [1.54, 1.807) is 23.6 Å². The highest BCUT2D eigenvalue weighted by atomic mass is 35.5. The van der Waals surface area contributed by atoms with E-state index >= 15 is 0 Å². The third-order valence-electron chi connectivity index (χ3n) is 5.87. The molecule has 2 heterocycles. The van der Waals surface area contributed by atoms with Crippen LogP contribution in [-0.2, 0) is 21.2 Å². The molecule has 0 fully saturated rings. The lowest BCUT2D eigenvalue weighted by atomic mass is 9.86. The summed E-state index contributed by atoms with van der Waals surface area (Å²) in [6.45, 7) is 1.91. The van der Waals surface area contributed by atoms with Crippen LogP contribution in [0.4, 0.5) is 4.39 Å². The molecule has 0 saturated heterocycles. The Bertz CT molecular complexity index is 1340. The van der Waals surface area contributed by atoms with Crippen molar-refractivity contribution in [1.82, 2.24) is 4.57 Å². The van der Waals surface area contributed by atoms with Crippen LogP contribution in [0.25, 0.3) is 10.9 Å². The summed E-state index contributed by atoms with van der Waals surface area (Å²) in [7, 11) is -3.88. The minimum atomic E-state index is -3.88. The first-order chi connectivity index (χ1) is 14.5. The summed E-state index contributed by atoms with van der Waals surface area (Å²) in [5, 5.41) is 10.1. The minimum absolute atomic E-state index is 0.105. The predicted molar refractivity (Wildman–Crippen MR) is 114 cm³/mol. The first-order valence-electron chi connectivity index (χ1n) is 9.59. The van der Waals surface area contributed by atoms with E-state index in [1.807, 2.05) is 0 Å². The van der Waals surface area contributed by atoms with Crippen molar-refractivity contribution in [2.24, 2.45) is 5.92 Å². The summed E-state index contributed by atoms with van der Waals surface area (Å²) in [6, 6.07) is 8.23. The Morgan fingerprint density at radius 2 is 1.87 bits per heavy atom. The van der Waals surface area contributed by atoms with E-state index in [4.69, 9.17) is 11.6 Å². The Morgan fingerprint density at radius 1 is 1.23 bits per heavy atom. The second-order valence-electron chi connectivity index (χ2n) is 7.84. The third-order valence-corrected chi connectivity index (χ3v) is 7.25. The van der Waals surface area contributed by atoms with Crippen LogP contribution in [0.15, 0.2) is 41.3 Å². The second kappa shape index (κ2) is 7.46. The number of ketones is 1. The Balaban J connectivity index is 2.11. The number of sulfone groups is 1. The van der Waals surface area contributed by atoms with Gasteiger partial charge in [-0.2, -0.15) is 0 Å². The summed E-state index contributed by atoms with van der Waals surface area (Å²) in [5.41, 5.74) is 1.08. The fourth-order valence-electron chi connectivity index (χ4n) is 4.38. The average Bonchev–Trinajstić information content (AvgIpc) is 3.24. The van der Waals surface area contributed by atoms with Gasteiger partial charge in [0.25, 0.3) is 0 Å². The molecule has 1 aromatic heterocycles. The highest BCUT2D eigenvalue weighted by Crippen LogP contribution is 2.45. The molecule has 0 bridgehead atoms. The number of aromatic nitrogens is 1. The van der Waals surface area contributed by atoms with Crippen LogP contribution in [0.2, 0.25) is 5.02 Å². The van der Waals surface area contributed by atoms with E-state index in [0.717, 1.165) is 12.3 Å². The first kappa shape index (κ1) is 21.5. The van der Waals surface area contributed by atoms with Gasteiger partial charge >= 0.3 is 5.97 Å². The monoisotopic (exact) mass is 463 g/mol. The van der Waals surface area contributed by atoms with Crippen molar-refractivity contribution in [2.45, 2.75) is 30.7 Å². The zero-order valence-electron chi connectivity index (χ0n) is 16.7. The number of halogens is 2. The van der Waals surface area contributed by atoms with Crippen molar-refractivity contribution in [2.75, 3.05) is 6.26 Å². The van der Waals surface area contributed by atoms with Crippen molar-refractivity contribution in [3.8, 4) is 0 Å². The van der Waals surface area contributed by atoms with Crippen LogP contribution in [0, 0.1) is 11.7 Å². The molecule has 162 valence electrons. The maximum absolute atomic E-state index is 14.4. The Morgan fingerprint density at radius 3 is 2.45 bits per heavy atom. The smallest absolute Gasteiger partial charge is 0.306 e. The summed E-state index contributed by atoms with van der Waals surface area (Å²) in [6.07, 6.45) is 1.41. The number of aryl methyl sites for hydroxylation is 1. The lowest BCUT2D eigenvalue weighted by molar-refractivity contribution is -0.141. The van der Waals surface area contributed by atoms with Crippen molar-refractivity contribution in [3.63, 3.8) is 0 Å². The molecule has 1 N–H and O–H groups in total. The molecule has 6 nitrogen and oxygen atoms in total. The number of fused-ring (bicyclic) bond motifs is 3. The van der Waals surface area contributed by atoms with E-state index < -0.39 is 39.2 Å². The van der Waals surface area contributed by atoms with E-state index in [1.165, 1.54) is 18.2 Å². The van der Waals surface area contributed by atoms with Gasteiger partial charge < -0.3 is 9.67 Å². The Kier molecular flexibility index (Phi) is 5.18. The lowest BCUT2D eigenvalue weighted by Crippen LogP contribution is -2.19. The largest absolute Gasteiger partial charge is 0.481 e. The summed E-state index contributed by atoms with van der Waals surface area (Å²) in [4.78, 5) is 25.0. The van der Waals surface area contributed by atoms with Gasteiger partial charge in [-0.25, -0.2) is 12.8 Å². The van der Waals surface area contributed by atoms with Gasteiger partial charge in [0.2, 0.25) is 0 Å². The summed E-state index contributed by atoms with van der Waals surface area (Å²) >= 11 is 5.93. The topological polar surface area (TPSA) is 93.4 Å². The number of carbonyl (C=O) groups excluding carboxylic acids is 1. The van der Waals surface area contributed by atoms with Crippen molar-refractivity contribution in [3.05, 3.63) is 64.1 Å². The van der Waals surface area contributed by atoms with Crippen molar-refractivity contribution in [1.29, 1.82) is 0 Å². The maximum Gasteiger partial charge on any atom is 0.306 e. The van der Waals surface area contributed by atoms with Gasteiger partial charge in [0, 0.05) is 40.4 Å². The molecule has 0 aliphatic carbocycles. The Labute approximate surface area is 183 Å². The van der Waals surface area contributed by atoms with Crippen LogP contribution >= 0.6 is 11.6 Å². The quantitative estimate of drug-likeness (QED) is 0.570. The predicted octanol–water partition coefficient (Wildman–Crippen LogP) is 4.28. The average molecular weight is 464 g/mol. The fraction of sp³-hybridized carbons (Fsp3) is 0.273. The van der Waals surface area contributed by atoms with Gasteiger partial charge in [-0.05, 0) is 42.8 Å². The van der Waals surface area contributed by atoms with E-state index in [9.17, 15) is 27.5 Å². The van der Waals surface area contributed by atoms with Crippen LogP contribution in [0.3, 0.4) is 0 Å². The van der Waals surface area contributed by atoms with Gasteiger partial charge in [-0.15, -0.1) is 0 Å². The highest BCUT2D eigenvalue weighted by molar-refractivity contribution is 7.91. The molecule has 2 unspecified atom stereocenters. The Hall–Kier alpha value is -2.71. The molecule has 3 aromatic rings. The van der Waals surface area contributed by atoms with E-state index in [0.29, 0.717) is 23.7 Å². The number of nitrogens with zero attached hydrogens (tertiary/aromatic N) is 1. The lowest BCUT2D eigenvalue weighted by Gasteiger charge is -2.17. The van der Waals surface area contributed by atoms with Gasteiger partial charge in [0.15, 0.2) is 15.6 Å². The number of carbonyl (C=O) groups is 2. The molecule has 2 aromatic carbocycles. The molecule has 0 spiro atoms. The molecule has 0 radical (unpaired) electrons. The van der Waals surface area contributed by atoms with Gasteiger partial charge in [-0.3, -0.25) is 9.59 Å². The standard InChI is InChI=1S/C22H19ClFNO5S/c1-11(22(27)28)15-7-8-25-16-9-14(24)10-17(31(2,29)30)18(16)19(20(15)25)21(26)12-3-5-13(23)6-4-12/h3-6,9-11,15H,7-8H2,1-2H3,(H,27,28). The number of benzene rings is 2. The number of hydrogen-bond donors (Lipinski definition) is 1. The first-order valence-corrected chi connectivity index (χ1v) is 11.9. The van der Waals surface area contributed by atoms with Crippen molar-refractivity contribution < 1.29 is 27.5 Å². The van der Waals surface area contributed by atoms with Crippen LogP contribution in [-0.4, -0.2) is 36.1 Å².